The second-order valence-electron chi connectivity index (χ2n) is 12.5. The van der Waals surface area contributed by atoms with Gasteiger partial charge < -0.3 is 26.0 Å². The van der Waals surface area contributed by atoms with Crippen molar-refractivity contribution in [2.24, 2.45) is 5.92 Å². The van der Waals surface area contributed by atoms with Crippen LogP contribution in [0.4, 0.5) is 5.69 Å². The molecule has 4 amide bonds. The van der Waals surface area contributed by atoms with Gasteiger partial charge in [-0.15, -0.1) is 11.3 Å². The number of Topliss-reactive ketones (excluding diaryl/α,β-unsaturated/α-hetero) is 1. The number of anilines is 1. The smallest absolute Gasteiger partial charge is 0.307 e. The van der Waals surface area contributed by atoms with E-state index >= 15 is 0 Å². The van der Waals surface area contributed by atoms with Crippen LogP contribution in [-0.4, -0.2) is 64.0 Å². The summed E-state index contributed by atoms with van der Waals surface area (Å²) in [6.45, 7) is -0.387. The van der Waals surface area contributed by atoms with Crippen LogP contribution in [0.3, 0.4) is 0 Å². The monoisotopic (exact) mass is 708 g/mol. The number of nitrogens with one attached hydrogen (secondary N) is 3. The van der Waals surface area contributed by atoms with Crippen LogP contribution < -0.4 is 16.0 Å². The number of carbonyl (C=O) groups excluding carboxylic acids is 5. The third kappa shape index (κ3) is 11.2. The van der Waals surface area contributed by atoms with Gasteiger partial charge in [-0.3, -0.25) is 28.8 Å². The number of benzene rings is 3. The van der Waals surface area contributed by atoms with E-state index in [0.29, 0.717) is 11.3 Å². The lowest BCUT2D eigenvalue weighted by Crippen LogP contribution is -2.53. The Morgan fingerprint density at radius 3 is 2.00 bits per heavy atom. The zero-order valence-electron chi connectivity index (χ0n) is 28.0. The van der Waals surface area contributed by atoms with Gasteiger partial charge in [-0.1, -0.05) is 78.9 Å². The van der Waals surface area contributed by atoms with Gasteiger partial charge in [0.1, 0.15) is 6.04 Å². The van der Waals surface area contributed by atoms with Crippen molar-refractivity contribution in [3.63, 3.8) is 0 Å². The minimum Gasteiger partial charge on any atom is -0.481 e. The van der Waals surface area contributed by atoms with Crippen LogP contribution in [0, 0.1) is 5.92 Å². The summed E-state index contributed by atoms with van der Waals surface area (Å²) < 4.78 is 0. The van der Waals surface area contributed by atoms with E-state index in [1.807, 2.05) is 78.2 Å². The summed E-state index contributed by atoms with van der Waals surface area (Å²) in [7, 11) is 0. The quantitative estimate of drug-likeness (QED) is 0.210. The van der Waals surface area contributed by atoms with Crippen LogP contribution in [0.5, 0.6) is 0 Å². The number of aliphatic carboxylic acids is 1. The number of carboxylic acid groups (broad SMARTS) is 1. The van der Waals surface area contributed by atoms with Gasteiger partial charge in [0.05, 0.1) is 18.5 Å². The molecule has 0 fully saturated rings. The van der Waals surface area contributed by atoms with Gasteiger partial charge in [0.2, 0.25) is 23.6 Å². The average molecular weight is 709 g/mol. The molecule has 3 atom stereocenters. The molecule has 264 valence electrons. The molecule has 11 nitrogen and oxygen atoms in total. The lowest BCUT2D eigenvalue weighted by Gasteiger charge is -2.28. The number of fused-ring (bicyclic) bond motifs is 18. The van der Waals surface area contributed by atoms with E-state index in [-0.39, 0.29) is 45.1 Å². The van der Waals surface area contributed by atoms with Crippen LogP contribution in [0.25, 0.3) is 0 Å². The number of hydrogen-bond donors (Lipinski definition) is 4. The van der Waals surface area contributed by atoms with Crippen molar-refractivity contribution in [3.8, 4) is 0 Å². The fraction of sp³-hybridized carbons (Fsp3) is 0.282. The first kappa shape index (κ1) is 36.7. The van der Waals surface area contributed by atoms with Crippen molar-refractivity contribution >= 4 is 52.4 Å². The number of thiophene rings is 1. The Morgan fingerprint density at radius 1 is 0.706 bits per heavy atom. The maximum absolute atomic E-state index is 14.3. The Hall–Kier alpha value is -5.62. The minimum absolute atomic E-state index is 0.0436. The first-order valence-corrected chi connectivity index (χ1v) is 17.6. The van der Waals surface area contributed by atoms with Gasteiger partial charge in [0.15, 0.2) is 5.78 Å². The Labute approximate surface area is 300 Å². The van der Waals surface area contributed by atoms with Crippen LogP contribution in [-0.2, 0) is 54.6 Å². The van der Waals surface area contributed by atoms with Crippen LogP contribution in [0.1, 0.15) is 40.8 Å². The number of amides is 4. The Morgan fingerprint density at radius 2 is 1.35 bits per heavy atom. The molecule has 2 aliphatic heterocycles. The van der Waals surface area contributed by atoms with Gasteiger partial charge in [-0.05, 0) is 53.1 Å². The maximum Gasteiger partial charge on any atom is 0.307 e. The fourth-order valence-corrected chi connectivity index (χ4v) is 6.68. The van der Waals surface area contributed by atoms with Crippen molar-refractivity contribution in [2.45, 2.75) is 57.2 Å². The van der Waals surface area contributed by atoms with E-state index in [9.17, 15) is 33.9 Å². The van der Waals surface area contributed by atoms with E-state index in [1.54, 1.807) is 24.3 Å². The van der Waals surface area contributed by atoms with E-state index in [0.717, 1.165) is 16.0 Å². The largest absolute Gasteiger partial charge is 0.481 e. The number of ketones is 1. The number of rotatable bonds is 7. The molecule has 3 heterocycles. The van der Waals surface area contributed by atoms with Gasteiger partial charge in [-0.25, -0.2) is 0 Å². The number of nitrogens with zero attached hydrogens (tertiary/aromatic N) is 1. The lowest BCUT2D eigenvalue weighted by molar-refractivity contribution is -0.144. The average Bonchev–Trinajstić information content (AvgIpc) is 3.64. The van der Waals surface area contributed by atoms with Crippen molar-refractivity contribution in [2.75, 3.05) is 11.9 Å². The van der Waals surface area contributed by atoms with Gasteiger partial charge >= 0.3 is 5.97 Å². The summed E-state index contributed by atoms with van der Waals surface area (Å²) in [5.41, 5.74) is 2.62. The van der Waals surface area contributed by atoms with E-state index in [4.69, 9.17) is 0 Å². The zero-order chi connectivity index (χ0) is 36.2. The highest BCUT2D eigenvalue weighted by atomic mass is 32.1. The molecule has 12 heteroatoms. The summed E-state index contributed by atoms with van der Waals surface area (Å²) in [5, 5.41) is 20.3. The summed E-state index contributed by atoms with van der Waals surface area (Å²) >= 11 is 1.42. The van der Waals surface area contributed by atoms with Gasteiger partial charge in [0, 0.05) is 42.8 Å². The number of carbonyl (C=O) groups is 6. The van der Waals surface area contributed by atoms with Gasteiger partial charge in [-0.2, -0.15) is 0 Å². The van der Waals surface area contributed by atoms with Crippen molar-refractivity contribution in [1.82, 2.24) is 15.5 Å². The lowest BCUT2D eigenvalue weighted by atomic mass is 9.90. The second kappa shape index (κ2) is 17.9. The normalized spacial score (nSPS) is 19.8. The molecular weight excluding hydrogens is 669 g/mol. The molecule has 0 aliphatic carbocycles. The molecule has 0 spiro atoms. The van der Waals surface area contributed by atoms with Crippen molar-refractivity contribution in [3.05, 3.63) is 124 Å². The molecule has 4 aromatic rings. The minimum atomic E-state index is -1.16. The molecule has 2 aliphatic rings. The van der Waals surface area contributed by atoms with Gasteiger partial charge in [0.25, 0.3) is 0 Å². The summed E-state index contributed by atoms with van der Waals surface area (Å²) in [5.74, 6) is -4.73. The molecular formula is C39H40N4O7S. The molecule has 3 aromatic carbocycles. The molecule has 0 radical (unpaired) electrons. The molecule has 51 heavy (non-hydrogen) atoms. The highest BCUT2D eigenvalue weighted by molar-refractivity contribution is 7.09. The first-order chi connectivity index (χ1) is 24.6. The van der Waals surface area contributed by atoms with Crippen LogP contribution in [0.2, 0.25) is 0 Å². The second-order valence-corrected chi connectivity index (χ2v) is 13.6. The Kier molecular flexibility index (Phi) is 12.8. The summed E-state index contributed by atoms with van der Waals surface area (Å²) in [6, 6.07) is 26.4. The standard InChI is InChI=1S/C39H40N4O7S/c44-34-22-29(39(49)50)20-27-13-15-30(16-14-27)40-35(45)17-18-36(46)42-33(23-31-12-7-19-51-31)38(48)43(24-28-10-5-2-6-11-28)25-37(47)41-32(34)21-26-8-3-1-4-9-26/h1-16,19,29,32-33H,17-18,20-25H2,(H,40,45)(H,41,47)(H,42,46)(H,49,50)/t29-,32-,33-/m1/s1. The molecule has 1 aromatic heterocycles. The fourth-order valence-electron chi connectivity index (χ4n) is 5.93. The SMILES string of the molecule is O=C1CCC(=O)N[C@H](Cc2cccs2)C(=O)N(Cc2ccccc2)CC(=O)N[C@H](Cc2ccccc2)C(=O)C[C@H](C(=O)O)Cc2ccc(cc2)N1. The predicted molar refractivity (Wildman–Crippen MR) is 193 cm³/mol. The molecule has 0 unspecified atom stereocenters. The summed E-state index contributed by atoms with van der Waals surface area (Å²) in [6.07, 6.45) is -0.328. The zero-order valence-corrected chi connectivity index (χ0v) is 28.8. The Balaban J connectivity index is 1.48. The highest BCUT2D eigenvalue weighted by Crippen LogP contribution is 2.20. The topological polar surface area (TPSA) is 162 Å². The van der Waals surface area contributed by atoms with E-state index in [1.165, 1.54) is 16.2 Å². The van der Waals surface area contributed by atoms with E-state index in [2.05, 4.69) is 16.0 Å². The first-order valence-electron chi connectivity index (χ1n) is 16.7. The van der Waals surface area contributed by atoms with E-state index < -0.39 is 59.9 Å². The number of hydrogen-bond acceptors (Lipinski definition) is 7. The summed E-state index contributed by atoms with van der Waals surface area (Å²) in [4.78, 5) is 82.4. The third-order valence-corrected chi connectivity index (χ3v) is 9.48. The molecule has 4 N–H and O–H groups in total. The van der Waals surface area contributed by atoms with Crippen LogP contribution >= 0.6 is 11.3 Å². The molecule has 0 saturated carbocycles. The maximum atomic E-state index is 14.3. The third-order valence-electron chi connectivity index (χ3n) is 8.58. The highest BCUT2D eigenvalue weighted by Gasteiger charge is 2.31. The molecule has 6 rings (SSSR count). The van der Waals surface area contributed by atoms with Crippen LogP contribution in [0.15, 0.2) is 102 Å². The molecule has 2 bridgehead atoms. The Bertz CT molecular complexity index is 1820. The van der Waals surface area contributed by atoms with Crippen molar-refractivity contribution in [1.29, 1.82) is 0 Å². The number of carboxylic acids is 1. The molecule has 0 saturated heterocycles. The van der Waals surface area contributed by atoms with Crippen molar-refractivity contribution < 1.29 is 33.9 Å². The predicted octanol–water partition coefficient (Wildman–Crippen LogP) is 4.17.